The highest BCUT2D eigenvalue weighted by molar-refractivity contribution is 7.80. The number of furan rings is 1. The van der Waals surface area contributed by atoms with Gasteiger partial charge in [-0.05, 0) is 48.6 Å². The van der Waals surface area contributed by atoms with Crippen LogP contribution in [0, 0.1) is 10.1 Å². The fourth-order valence-electron chi connectivity index (χ4n) is 4.40. The predicted octanol–water partition coefficient (Wildman–Crippen LogP) is 5.16. The van der Waals surface area contributed by atoms with Crippen LogP contribution in [0.4, 0.5) is 11.4 Å². The second-order valence-corrected chi connectivity index (χ2v) is 8.43. The number of benzene rings is 2. The van der Waals surface area contributed by atoms with Gasteiger partial charge in [-0.1, -0.05) is 18.2 Å². The molecular weight excluding hydrogens is 468 g/mol. The van der Waals surface area contributed by atoms with Crippen LogP contribution in [0.5, 0.6) is 11.5 Å². The van der Waals surface area contributed by atoms with E-state index >= 15 is 0 Å². The summed E-state index contributed by atoms with van der Waals surface area (Å²) in [5.74, 6) is 2.47. The van der Waals surface area contributed by atoms with Crippen molar-refractivity contribution in [2.24, 2.45) is 0 Å². The molecule has 0 bridgehead atoms. The normalized spacial score (nSPS) is 18.5. The Morgan fingerprint density at radius 3 is 2.74 bits per heavy atom. The molecule has 0 saturated carbocycles. The maximum absolute atomic E-state index is 11.2. The van der Waals surface area contributed by atoms with E-state index in [1.807, 2.05) is 53.4 Å². The molecule has 0 radical (unpaired) electrons. The molecule has 1 saturated heterocycles. The molecule has 0 unspecified atom stereocenters. The molecule has 0 spiro atoms. The highest BCUT2D eigenvalue weighted by Crippen LogP contribution is 2.45. The number of nitrogens with zero attached hydrogens (tertiary/aromatic N) is 3. The predicted molar refractivity (Wildman–Crippen MR) is 131 cm³/mol. The van der Waals surface area contributed by atoms with E-state index in [4.69, 9.17) is 26.1 Å². The summed E-state index contributed by atoms with van der Waals surface area (Å²) in [4.78, 5) is 17.3. The Bertz CT molecular complexity index is 1440. The Morgan fingerprint density at radius 2 is 1.91 bits per heavy atom. The lowest BCUT2D eigenvalue weighted by molar-refractivity contribution is -0.384. The summed E-state index contributed by atoms with van der Waals surface area (Å²) in [5.41, 5.74) is 2.22. The van der Waals surface area contributed by atoms with Crippen molar-refractivity contribution in [3.05, 3.63) is 101 Å². The molecule has 4 aromatic rings. The van der Waals surface area contributed by atoms with E-state index in [0.717, 1.165) is 11.4 Å². The standard InChI is InChI=1S/C25H18N4O5S/c30-29(31)17-5-3-4-15(12-17)19-9-10-21(34-19)24-23(18-6-1-2-11-26-18)27-25(35)28(24)16-7-8-20-22(13-16)33-14-32-20/h1-13,23-24H,14H2,(H,27,35)/t23-,24-/m0/s1. The molecular formula is C25H18N4O5S. The Kier molecular flexibility index (Phi) is 5.07. The van der Waals surface area contributed by atoms with Crippen molar-refractivity contribution in [3.63, 3.8) is 0 Å². The van der Waals surface area contributed by atoms with Gasteiger partial charge in [-0.3, -0.25) is 15.1 Å². The lowest BCUT2D eigenvalue weighted by Crippen LogP contribution is -2.29. The summed E-state index contributed by atoms with van der Waals surface area (Å²) >= 11 is 5.75. The number of thiocarbonyl (C=S) groups is 1. The van der Waals surface area contributed by atoms with Crippen molar-refractivity contribution in [2.75, 3.05) is 11.7 Å². The summed E-state index contributed by atoms with van der Waals surface area (Å²) in [6, 6.07) is 20.7. The van der Waals surface area contributed by atoms with E-state index < -0.39 is 4.92 Å². The first-order valence-electron chi connectivity index (χ1n) is 10.8. The third-order valence-electron chi connectivity index (χ3n) is 5.99. The Morgan fingerprint density at radius 1 is 1.03 bits per heavy atom. The minimum absolute atomic E-state index is 0.00231. The lowest BCUT2D eigenvalue weighted by atomic mass is 10.0. The van der Waals surface area contributed by atoms with Crippen molar-refractivity contribution < 1.29 is 18.8 Å². The molecule has 35 heavy (non-hydrogen) atoms. The number of anilines is 1. The van der Waals surface area contributed by atoms with Crippen molar-refractivity contribution in [3.8, 4) is 22.8 Å². The molecule has 2 aliphatic heterocycles. The van der Waals surface area contributed by atoms with E-state index in [-0.39, 0.29) is 24.6 Å². The van der Waals surface area contributed by atoms with Gasteiger partial charge in [0.15, 0.2) is 16.6 Å². The molecule has 4 heterocycles. The van der Waals surface area contributed by atoms with E-state index in [1.165, 1.54) is 12.1 Å². The van der Waals surface area contributed by atoms with Crippen LogP contribution in [0.2, 0.25) is 0 Å². The van der Waals surface area contributed by atoms with Crippen LogP contribution in [0.25, 0.3) is 11.3 Å². The largest absolute Gasteiger partial charge is 0.459 e. The second-order valence-electron chi connectivity index (χ2n) is 8.04. The topological polar surface area (TPSA) is 103 Å². The fraction of sp³-hybridized carbons (Fsp3) is 0.120. The number of fused-ring (bicyclic) bond motifs is 1. The van der Waals surface area contributed by atoms with Gasteiger partial charge in [-0.2, -0.15) is 0 Å². The Labute approximate surface area is 205 Å². The number of hydrogen-bond donors (Lipinski definition) is 1. The number of non-ortho nitro benzene ring substituents is 1. The first-order valence-corrected chi connectivity index (χ1v) is 11.2. The molecule has 2 aliphatic rings. The van der Waals surface area contributed by atoms with Gasteiger partial charge in [0.05, 0.1) is 16.7 Å². The van der Waals surface area contributed by atoms with Crippen molar-refractivity contribution >= 4 is 28.7 Å². The van der Waals surface area contributed by atoms with Gasteiger partial charge in [-0.15, -0.1) is 0 Å². The van der Waals surface area contributed by atoms with Crippen molar-refractivity contribution in [1.82, 2.24) is 10.3 Å². The van der Waals surface area contributed by atoms with Gasteiger partial charge in [0.2, 0.25) is 6.79 Å². The average molecular weight is 487 g/mol. The van der Waals surface area contributed by atoms with Gasteiger partial charge >= 0.3 is 0 Å². The quantitative estimate of drug-likeness (QED) is 0.233. The van der Waals surface area contributed by atoms with Crippen LogP contribution in [0.3, 0.4) is 0 Å². The summed E-state index contributed by atoms with van der Waals surface area (Å²) in [7, 11) is 0. The highest BCUT2D eigenvalue weighted by Gasteiger charge is 2.43. The third kappa shape index (κ3) is 3.73. The van der Waals surface area contributed by atoms with E-state index in [2.05, 4.69) is 10.3 Å². The van der Waals surface area contributed by atoms with Gasteiger partial charge < -0.3 is 24.1 Å². The molecule has 9 nitrogen and oxygen atoms in total. The van der Waals surface area contributed by atoms with Crippen molar-refractivity contribution in [2.45, 2.75) is 12.1 Å². The van der Waals surface area contributed by atoms with Crippen molar-refractivity contribution in [1.29, 1.82) is 0 Å². The summed E-state index contributed by atoms with van der Waals surface area (Å²) in [6.07, 6.45) is 1.73. The molecule has 2 aromatic heterocycles. The molecule has 0 aliphatic carbocycles. The van der Waals surface area contributed by atoms with Crippen LogP contribution in [0.1, 0.15) is 23.5 Å². The van der Waals surface area contributed by atoms with Crippen LogP contribution < -0.4 is 19.7 Å². The number of rotatable bonds is 5. The summed E-state index contributed by atoms with van der Waals surface area (Å²) < 4.78 is 17.3. The zero-order valence-corrected chi connectivity index (χ0v) is 19.0. The van der Waals surface area contributed by atoms with E-state index in [1.54, 1.807) is 18.3 Å². The molecule has 10 heteroatoms. The minimum Gasteiger partial charge on any atom is -0.459 e. The van der Waals surface area contributed by atoms with Crippen LogP contribution in [-0.2, 0) is 0 Å². The molecule has 2 aromatic carbocycles. The maximum Gasteiger partial charge on any atom is 0.270 e. The molecule has 1 N–H and O–H groups in total. The highest BCUT2D eigenvalue weighted by atomic mass is 32.1. The monoisotopic (exact) mass is 486 g/mol. The van der Waals surface area contributed by atoms with Gasteiger partial charge in [0.1, 0.15) is 17.6 Å². The maximum atomic E-state index is 11.2. The van der Waals surface area contributed by atoms with Crippen LogP contribution >= 0.6 is 12.2 Å². The first kappa shape index (κ1) is 21.1. The summed E-state index contributed by atoms with van der Waals surface area (Å²) in [6.45, 7) is 0.173. The van der Waals surface area contributed by atoms with Gasteiger partial charge in [0.25, 0.3) is 5.69 Å². The van der Waals surface area contributed by atoms with Crippen LogP contribution in [-0.4, -0.2) is 21.8 Å². The number of nitro groups is 1. The fourth-order valence-corrected chi connectivity index (χ4v) is 4.74. The summed E-state index contributed by atoms with van der Waals surface area (Å²) in [5, 5.41) is 15.1. The zero-order chi connectivity index (χ0) is 23.9. The molecule has 0 amide bonds. The number of pyridine rings is 1. The molecule has 6 rings (SSSR count). The molecule has 1 fully saturated rings. The number of nitro benzene ring substituents is 1. The van der Waals surface area contributed by atoms with Gasteiger partial charge in [0, 0.05) is 35.6 Å². The van der Waals surface area contributed by atoms with Gasteiger partial charge in [-0.25, -0.2) is 0 Å². The molecule has 2 atom stereocenters. The third-order valence-corrected chi connectivity index (χ3v) is 6.31. The first-order chi connectivity index (χ1) is 17.1. The Balaban J connectivity index is 1.43. The number of aromatic nitrogens is 1. The van der Waals surface area contributed by atoms with E-state index in [9.17, 15) is 10.1 Å². The zero-order valence-electron chi connectivity index (χ0n) is 18.2. The SMILES string of the molecule is O=[N+]([O-])c1cccc(-c2ccc([C@H]3[C@H](c4ccccn4)NC(=S)N3c3ccc4c(c3)OCO4)o2)c1. The lowest BCUT2D eigenvalue weighted by Gasteiger charge is -2.26. The number of hydrogen-bond acceptors (Lipinski definition) is 7. The van der Waals surface area contributed by atoms with Crippen LogP contribution in [0.15, 0.2) is 83.4 Å². The second kappa shape index (κ2) is 8.41. The smallest absolute Gasteiger partial charge is 0.270 e. The average Bonchev–Trinajstić information content (AvgIpc) is 3.62. The minimum atomic E-state index is -0.425. The number of ether oxygens (including phenoxy) is 2. The Hall–Kier alpha value is -4.44. The number of nitrogens with one attached hydrogen (secondary N) is 1. The molecule has 174 valence electrons. The van der Waals surface area contributed by atoms with E-state index in [0.29, 0.717) is 33.7 Å².